The van der Waals surface area contributed by atoms with Crippen molar-refractivity contribution in [1.82, 2.24) is 20.9 Å². The lowest BCUT2D eigenvalue weighted by Gasteiger charge is -2.17. The highest BCUT2D eigenvalue weighted by atomic mass is 16.3. The first kappa shape index (κ1) is 32.3. The van der Waals surface area contributed by atoms with Crippen molar-refractivity contribution in [3.63, 3.8) is 0 Å². The number of aliphatic hydroxyl groups excluding tert-OH is 2. The molecule has 230 valence electrons. The van der Waals surface area contributed by atoms with Crippen molar-refractivity contribution < 1.29 is 19.8 Å². The highest BCUT2D eigenvalue weighted by Crippen LogP contribution is 2.13. The van der Waals surface area contributed by atoms with Gasteiger partial charge in [-0.25, -0.2) is 4.98 Å². The SMILES string of the molecule is CC(Cc1ccc(CC(=O)NCc2ccc(C(=O)NC(CO)Cc3ccccc3)cc2)cc1)NCC(O)c1ccc(N)nc1. The number of nitrogens with zero attached hydrogens (tertiary/aromatic N) is 1. The Labute approximate surface area is 258 Å². The van der Waals surface area contributed by atoms with Crippen molar-refractivity contribution in [2.45, 2.75) is 50.9 Å². The Balaban J connectivity index is 1.17. The number of hydrogen-bond donors (Lipinski definition) is 6. The summed E-state index contributed by atoms with van der Waals surface area (Å²) in [5, 5.41) is 29.2. The van der Waals surface area contributed by atoms with Gasteiger partial charge in [-0.05, 0) is 60.2 Å². The number of pyridine rings is 1. The summed E-state index contributed by atoms with van der Waals surface area (Å²) in [5.74, 6) is 0.0783. The smallest absolute Gasteiger partial charge is 0.251 e. The molecular weight excluding hydrogens is 554 g/mol. The molecule has 0 saturated carbocycles. The van der Waals surface area contributed by atoms with Gasteiger partial charge in [0.15, 0.2) is 0 Å². The van der Waals surface area contributed by atoms with E-state index in [0.717, 1.165) is 28.7 Å². The number of nitrogens with two attached hydrogens (primary N) is 1. The van der Waals surface area contributed by atoms with Crippen molar-refractivity contribution >= 4 is 17.6 Å². The number of aliphatic hydroxyl groups is 2. The zero-order valence-corrected chi connectivity index (χ0v) is 24.9. The molecule has 0 aliphatic carbocycles. The van der Waals surface area contributed by atoms with Crippen LogP contribution in [-0.4, -0.2) is 52.2 Å². The average molecular weight is 596 g/mol. The average Bonchev–Trinajstić information content (AvgIpc) is 3.04. The van der Waals surface area contributed by atoms with Gasteiger partial charge in [0, 0.05) is 36.5 Å². The molecule has 4 rings (SSSR count). The summed E-state index contributed by atoms with van der Waals surface area (Å²) in [7, 11) is 0. The van der Waals surface area contributed by atoms with E-state index < -0.39 is 6.10 Å². The van der Waals surface area contributed by atoms with E-state index in [4.69, 9.17) is 5.73 Å². The fourth-order valence-electron chi connectivity index (χ4n) is 4.81. The molecule has 3 unspecified atom stereocenters. The van der Waals surface area contributed by atoms with Gasteiger partial charge < -0.3 is 31.9 Å². The summed E-state index contributed by atoms with van der Waals surface area (Å²) in [6.45, 7) is 2.67. The molecule has 9 heteroatoms. The number of nitrogens with one attached hydrogen (secondary N) is 3. The molecule has 0 radical (unpaired) electrons. The number of hydrogen-bond acceptors (Lipinski definition) is 7. The molecule has 0 fully saturated rings. The number of carbonyl (C=O) groups excluding carboxylic acids is 2. The summed E-state index contributed by atoms with van der Waals surface area (Å²) >= 11 is 0. The second-order valence-corrected chi connectivity index (χ2v) is 11.1. The summed E-state index contributed by atoms with van der Waals surface area (Å²) < 4.78 is 0. The van der Waals surface area contributed by atoms with Crippen LogP contribution in [0.3, 0.4) is 0 Å². The van der Waals surface area contributed by atoms with E-state index in [1.165, 1.54) is 0 Å². The highest BCUT2D eigenvalue weighted by Gasteiger charge is 2.14. The largest absolute Gasteiger partial charge is 0.394 e. The third kappa shape index (κ3) is 10.3. The number of aromatic nitrogens is 1. The normalized spacial score (nSPS) is 13.1. The third-order valence-corrected chi connectivity index (χ3v) is 7.37. The van der Waals surface area contributed by atoms with E-state index in [1.807, 2.05) is 66.7 Å². The van der Waals surface area contributed by atoms with Crippen LogP contribution < -0.4 is 21.7 Å². The van der Waals surface area contributed by atoms with Crippen molar-refractivity contribution in [3.05, 3.63) is 131 Å². The fraction of sp³-hybridized carbons (Fsp3) is 0.286. The maximum absolute atomic E-state index is 12.7. The number of amides is 2. The molecule has 1 aromatic heterocycles. The molecule has 1 heterocycles. The van der Waals surface area contributed by atoms with E-state index in [-0.39, 0.29) is 36.9 Å². The van der Waals surface area contributed by atoms with Crippen LogP contribution in [0.2, 0.25) is 0 Å². The van der Waals surface area contributed by atoms with Gasteiger partial charge in [0.25, 0.3) is 5.91 Å². The Kier molecular flexibility index (Phi) is 12.0. The van der Waals surface area contributed by atoms with Crippen LogP contribution in [0, 0.1) is 0 Å². The molecule has 0 aliphatic heterocycles. The Morgan fingerprint density at radius 3 is 2.16 bits per heavy atom. The number of rotatable bonds is 15. The molecule has 3 aromatic carbocycles. The zero-order valence-electron chi connectivity index (χ0n) is 24.9. The molecule has 7 N–H and O–H groups in total. The number of nitrogen functional groups attached to an aromatic ring is 1. The summed E-state index contributed by atoms with van der Waals surface area (Å²) in [6, 6.07) is 28.0. The number of anilines is 1. The van der Waals surface area contributed by atoms with Crippen molar-refractivity contribution in [3.8, 4) is 0 Å². The molecule has 3 atom stereocenters. The predicted molar refractivity (Wildman–Crippen MR) is 172 cm³/mol. The van der Waals surface area contributed by atoms with Crippen molar-refractivity contribution in [2.24, 2.45) is 0 Å². The van der Waals surface area contributed by atoms with E-state index in [1.54, 1.807) is 30.5 Å². The Bertz CT molecular complexity index is 1460. The molecule has 9 nitrogen and oxygen atoms in total. The zero-order chi connectivity index (χ0) is 31.3. The summed E-state index contributed by atoms with van der Waals surface area (Å²) in [5.41, 5.74) is 10.8. The minimum Gasteiger partial charge on any atom is -0.394 e. The maximum atomic E-state index is 12.7. The van der Waals surface area contributed by atoms with Crippen molar-refractivity contribution in [2.75, 3.05) is 18.9 Å². The minimum absolute atomic E-state index is 0.0903. The first-order valence-electron chi connectivity index (χ1n) is 14.8. The van der Waals surface area contributed by atoms with Crippen LogP contribution in [0.1, 0.15) is 51.2 Å². The highest BCUT2D eigenvalue weighted by molar-refractivity contribution is 5.94. The molecule has 0 aliphatic rings. The van der Waals surface area contributed by atoms with Crippen LogP contribution >= 0.6 is 0 Å². The van der Waals surface area contributed by atoms with Gasteiger partial charge in [-0.3, -0.25) is 9.59 Å². The Hall–Kier alpha value is -4.57. The first-order chi connectivity index (χ1) is 21.3. The van der Waals surface area contributed by atoms with Gasteiger partial charge >= 0.3 is 0 Å². The number of carbonyl (C=O) groups is 2. The van der Waals surface area contributed by atoms with E-state index >= 15 is 0 Å². The lowest BCUT2D eigenvalue weighted by atomic mass is 10.0. The molecular formula is C35H41N5O4. The van der Waals surface area contributed by atoms with Gasteiger partial charge in [0.1, 0.15) is 5.82 Å². The second kappa shape index (κ2) is 16.3. The van der Waals surface area contributed by atoms with Crippen molar-refractivity contribution in [1.29, 1.82) is 0 Å². The van der Waals surface area contributed by atoms with Crippen LogP contribution in [0.15, 0.2) is 97.2 Å². The van der Waals surface area contributed by atoms with Gasteiger partial charge in [-0.1, -0.05) is 72.8 Å². The van der Waals surface area contributed by atoms with Gasteiger partial charge in [0.05, 0.1) is 25.2 Å². The van der Waals surface area contributed by atoms with Gasteiger partial charge in [-0.15, -0.1) is 0 Å². The van der Waals surface area contributed by atoms with Gasteiger partial charge in [0.2, 0.25) is 5.91 Å². The number of benzene rings is 3. The van der Waals surface area contributed by atoms with Crippen LogP contribution in [0.4, 0.5) is 5.82 Å². The molecule has 4 aromatic rings. The van der Waals surface area contributed by atoms with Crippen LogP contribution in [0.5, 0.6) is 0 Å². The lowest BCUT2D eigenvalue weighted by molar-refractivity contribution is -0.120. The lowest BCUT2D eigenvalue weighted by Crippen LogP contribution is -2.39. The predicted octanol–water partition coefficient (Wildman–Crippen LogP) is 3.11. The summed E-state index contributed by atoms with van der Waals surface area (Å²) in [6.07, 6.45) is 2.50. The fourth-order valence-corrected chi connectivity index (χ4v) is 4.81. The Morgan fingerprint density at radius 1 is 0.841 bits per heavy atom. The minimum atomic E-state index is -0.668. The molecule has 2 amide bonds. The molecule has 0 saturated heterocycles. The second-order valence-electron chi connectivity index (χ2n) is 11.1. The molecule has 0 bridgehead atoms. The van der Waals surface area contributed by atoms with E-state index in [2.05, 4.69) is 27.9 Å². The Morgan fingerprint density at radius 2 is 1.50 bits per heavy atom. The van der Waals surface area contributed by atoms with Gasteiger partial charge in [-0.2, -0.15) is 0 Å². The first-order valence-corrected chi connectivity index (χ1v) is 14.8. The van der Waals surface area contributed by atoms with E-state index in [0.29, 0.717) is 36.5 Å². The quantitative estimate of drug-likeness (QED) is 0.124. The summed E-state index contributed by atoms with van der Waals surface area (Å²) in [4.78, 5) is 29.3. The topological polar surface area (TPSA) is 150 Å². The van der Waals surface area contributed by atoms with Crippen LogP contribution in [0.25, 0.3) is 0 Å². The standard InChI is InChI=1S/C35H41N5O4/c1-24(37-22-32(42)30-15-16-33(36)38-21-30)17-26-7-9-27(10-8-26)19-34(43)39-20-28-11-13-29(14-12-28)35(44)40-31(23-41)18-25-5-3-2-4-6-25/h2-16,21,24,31-32,37,41-42H,17-20,22-23H2,1H3,(H2,36,38)(H,39,43)(H,40,44). The van der Waals surface area contributed by atoms with E-state index in [9.17, 15) is 19.8 Å². The van der Waals surface area contributed by atoms with Crippen LogP contribution in [-0.2, 0) is 30.6 Å². The molecule has 44 heavy (non-hydrogen) atoms. The third-order valence-electron chi connectivity index (χ3n) is 7.37. The maximum Gasteiger partial charge on any atom is 0.251 e. The monoisotopic (exact) mass is 595 g/mol. The molecule has 0 spiro atoms.